The predicted octanol–water partition coefficient (Wildman–Crippen LogP) is 3.57. The molecule has 0 aliphatic heterocycles. The minimum Gasteiger partial charge on any atom is -0.462 e. The minimum absolute atomic E-state index is 0.0639. The topological polar surface area (TPSA) is 120 Å². The first-order chi connectivity index (χ1) is 15.0. The Morgan fingerprint density at radius 3 is 2.35 bits per heavy atom. The van der Waals surface area contributed by atoms with E-state index in [-0.39, 0.29) is 24.7 Å². The SMILES string of the molecule is CCCCCC(=O)Nc1ccc2ncnc(NC=C(C(=O)OCC)C(=O)OCC)c2c1. The fourth-order valence-electron chi connectivity index (χ4n) is 2.77. The van der Waals surface area contributed by atoms with Gasteiger partial charge in [-0.15, -0.1) is 0 Å². The van der Waals surface area contributed by atoms with Crippen LogP contribution >= 0.6 is 0 Å². The number of aromatic nitrogens is 2. The summed E-state index contributed by atoms with van der Waals surface area (Å²) in [5.41, 5.74) is 0.950. The van der Waals surface area contributed by atoms with Crippen LogP contribution in [0, 0.1) is 0 Å². The second kappa shape index (κ2) is 12.3. The number of hydrogen-bond donors (Lipinski definition) is 2. The first-order valence-electron chi connectivity index (χ1n) is 10.4. The molecule has 9 nitrogen and oxygen atoms in total. The normalized spacial score (nSPS) is 10.3. The van der Waals surface area contributed by atoms with Gasteiger partial charge in [0.1, 0.15) is 12.1 Å². The summed E-state index contributed by atoms with van der Waals surface area (Å²) in [5, 5.41) is 6.34. The van der Waals surface area contributed by atoms with Crippen molar-refractivity contribution in [3.05, 3.63) is 36.3 Å². The fraction of sp³-hybridized carbons (Fsp3) is 0.409. The van der Waals surface area contributed by atoms with E-state index in [9.17, 15) is 14.4 Å². The molecule has 0 unspecified atom stereocenters. The van der Waals surface area contributed by atoms with E-state index in [1.54, 1.807) is 32.0 Å². The molecule has 0 bridgehead atoms. The summed E-state index contributed by atoms with van der Waals surface area (Å²) in [6.45, 7) is 5.61. The van der Waals surface area contributed by atoms with Gasteiger partial charge in [0.25, 0.3) is 0 Å². The second-order valence-corrected chi connectivity index (χ2v) is 6.60. The number of carbonyl (C=O) groups is 3. The van der Waals surface area contributed by atoms with E-state index >= 15 is 0 Å². The molecule has 0 saturated heterocycles. The van der Waals surface area contributed by atoms with E-state index in [0.717, 1.165) is 19.3 Å². The number of esters is 2. The van der Waals surface area contributed by atoms with Gasteiger partial charge in [-0.3, -0.25) is 4.79 Å². The lowest BCUT2D eigenvalue weighted by Crippen LogP contribution is -2.19. The Morgan fingerprint density at radius 2 is 1.71 bits per heavy atom. The zero-order chi connectivity index (χ0) is 22.6. The molecule has 0 spiro atoms. The number of benzene rings is 1. The van der Waals surface area contributed by atoms with Gasteiger partial charge in [-0.25, -0.2) is 19.6 Å². The summed E-state index contributed by atoms with van der Waals surface area (Å²) in [4.78, 5) is 44.8. The van der Waals surface area contributed by atoms with Gasteiger partial charge in [0, 0.05) is 23.7 Å². The summed E-state index contributed by atoms with van der Waals surface area (Å²) in [6, 6.07) is 5.25. The molecule has 1 aromatic carbocycles. The minimum atomic E-state index is -0.799. The average molecular weight is 428 g/mol. The quantitative estimate of drug-likeness (QED) is 0.183. The van der Waals surface area contributed by atoms with Crippen LogP contribution in [0.25, 0.3) is 10.9 Å². The van der Waals surface area contributed by atoms with E-state index in [0.29, 0.717) is 28.8 Å². The number of nitrogens with zero attached hydrogens (tertiary/aromatic N) is 2. The number of ether oxygens (including phenoxy) is 2. The van der Waals surface area contributed by atoms with Crippen LogP contribution in [0.15, 0.2) is 36.3 Å². The van der Waals surface area contributed by atoms with Crippen LogP contribution in [0.5, 0.6) is 0 Å². The van der Waals surface area contributed by atoms with Gasteiger partial charge in [-0.1, -0.05) is 19.8 Å². The Hall–Kier alpha value is -3.49. The standard InChI is InChI=1S/C22H28N4O5/c1-4-7-8-9-19(27)26-15-10-11-18-16(12-15)20(25-14-24-18)23-13-17(21(28)30-5-2)22(29)31-6-3/h10-14H,4-9H2,1-3H3,(H,26,27)(H,23,24,25). The van der Waals surface area contributed by atoms with Crippen molar-refractivity contribution < 1.29 is 23.9 Å². The first kappa shape index (κ1) is 23.8. The highest BCUT2D eigenvalue weighted by Gasteiger charge is 2.21. The van der Waals surface area contributed by atoms with Crippen molar-refractivity contribution in [2.24, 2.45) is 0 Å². The molecule has 9 heteroatoms. The van der Waals surface area contributed by atoms with E-state index in [4.69, 9.17) is 9.47 Å². The zero-order valence-electron chi connectivity index (χ0n) is 18.1. The molecule has 166 valence electrons. The van der Waals surface area contributed by atoms with Crippen LogP contribution in [0.4, 0.5) is 11.5 Å². The highest BCUT2D eigenvalue weighted by molar-refractivity contribution is 6.14. The van der Waals surface area contributed by atoms with E-state index in [1.165, 1.54) is 12.5 Å². The number of fused-ring (bicyclic) bond motifs is 1. The Kier molecular flexibility index (Phi) is 9.41. The van der Waals surface area contributed by atoms with Crippen LogP contribution in [0.3, 0.4) is 0 Å². The monoisotopic (exact) mass is 428 g/mol. The van der Waals surface area contributed by atoms with Gasteiger partial charge in [-0.05, 0) is 38.5 Å². The predicted molar refractivity (Wildman–Crippen MR) is 117 cm³/mol. The second-order valence-electron chi connectivity index (χ2n) is 6.60. The summed E-state index contributed by atoms with van der Waals surface area (Å²) >= 11 is 0. The van der Waals surface area contributed by atoms with Gasteiger partial charge >= 0.3 is 11.9 Å². The number of anilines is 2. The van der Waals surface area contributed by atoms with Gasteiger partial charge in [-0.2, -0.15) is 0 Å². The number of unbranched alkanes of at least 4 members (excludes halogenated alkanes) is 2. The lowest BCUT2D eigenvalue weighted by atomic mass is 10.2. The maximum absolute atomic E-state index is 12.1. The lowest BCUT2D eigenvalue weighted by molar-refractivity contribution is -0.146. The molecule has 0 saturated carbocycles. The van der Waals surface area contributed by atoms with E-state index in [2.05, 4.69) is 27.5 Å². The van der Waals surface area contributed by atoms with Crippen LogP contribution in [0.2, 0.25) is 0 Å². The molecular weight excluding hydrogens is 400 g/mol. The van der Waals surface area contributed by atoms with Gasteiger partial charge < -0.3 is 20.1 Å². The molecule has 0 aliphatic carbocycles. The van der Waals surface area contributed by atoms with Crippen molar-refractivity contribution in [3.63, 3.8) is 0 Å². The maximum atomic E-state index is 12.1. The lowest BCUT2D eigenvalue weighted by Gasteiger charge is -2.10. The Labute approximate surface area is 181 Å². The molecular formula is C22H28N4O5. The highest BCUT2D eigenvalue weighted by atomic mass is 16.6. The van der Waals surface area contributed by atoms with Gasteiger partial charge in [0.2, 0.25) is 5.91 Å². The molecule has 1 amide bonds. The highest BCUT2D eigenvalue weighted by Crippen LogP contribution is 2.23. The molecule has 2 rings (SSSR count). The van der Waals surface area contributed by atoms with Crippen molar-refractivity contribution in [1.29, 1.82) is 0 Å². The third-order valence-electron chi connectivity index (χ3n) is 4.27. The molecule has 0 atom stereocenters. The number of carbonyl (C=O) groups excluding carboxylic acids is 3. The molecule has 2 N–H and O–H groups in total. The van der Waals surface area contributed by atoms with Crippen LogP contribution in [0.1, 0.15) is 46.5 Å². The summed E-state index contributed by atoms with van der Waals surface area (Å²) in [6.07, 6.45) is 5.89. The van der Waals surface area contributed by atoms with Crippen molar-refractivity contribution >= 4 is 40.3 Å². The van der Waals surface area contributed by atoms with E-state index in [1.807, 2.05) is 0 Å². The third-order valence-corrected chi connectivity index (χ3v) is 4.27. The van der Waals surface area contributed by atoms with Crippen molar-refractivity contribution in [2.45, 2.75) is 46.5 Å². The molecule has 1 heterocycles. The van der Waals surface area contributed by atoms with Crippen molar-refractivity contribution in [1.82, 2.24) is 9.97 Å². The fourth-order valence-corrected chi connectivity index (χ4v) is 2.77. The summed E-state index contributed by atoms with van der Waals surface area (Å²) < 4.78 is 9.84. The molecule has 0 radical (unpaired) electrons. The van der Waals surface area contributed by atoms with Crippen LogP contribution in [-0.4, -0.2) is 41.0 Å². The van der Waals surface area contributed by atoms with Gasteiger partial charge in [0.05, 0.1) is 18.7 Å². The van der Waals surface area contributed by atoms with Crippen molar-refractivity contribution in [3.8, 4) is 0 Å². The number of rotatable bonds is 11. The number of hydrogen-bond acceptors (Lipinski definition) is 8. The zero-order valence-corrected chi connectivity index (χ0v) is 18.1. The molecule has 1 aromatic heterocycles. The van der Waals surface area contributed by atoms with Gasteiger partial charge in [0.15, 0.2) is 5.57 Å². The molecule has 2 aromatic rings. The third kappa shape index (κ3) is 7.06. The van der Waals surface area contributed by atoms with Crippen LogP contribution < -0.4 is 10.6 Å². The van der Waals surface area contributed by atoms with Crippen LogP contribution in [-0.2, 0) is 23.9 Å². The summed E-state index contributed by atoms with van der Waals surface area (Å²) in [7, 11) is 0. The molecule has 0 aliphatic rings. The maximum Gasteiger partial charge on any atom is 0.347 e. The molecule has 0 fully saturated rings. The average Bonchev–Trinajstić information content (AvgIpc) is 2.74. The Morgan fingerprint density at radius 1 is 1.00 bits per heavy atom. The smallest absolute Gasteiger partial charge is 0.347 e. The molecule has 31 heavy (non-hydrogen) atoms. The Balaban J connectivity index is 2.27. The number of nitrogens with one attached hydrogen (secondary N) is 2. The van der Waals surface area contributed by atoms with Crippen molar-refractivity contribution in [2.75, 3.05) is 23.8 Å². The summed E-state index contributed by atoms with van der Waals surface area (Å²) in [5.74, 6) is -1.30. The first-order valence-corrected chi connectivity index (χ1v) is 10.4. The Bertz CT molecular complexity index is 938. The van der Waals surface area contributed by atoms with E-state index < -0.39 is 11.9 Å². The largest absolute Gasteiger partial charge is 0.462 e. The number of amides is 1.